The fourth-order valence-corrected chi connectivity index (χ4v) is 2.88. The number of aliphatic hydroxyl groups is 1. The first-order valence-electron chi connectivity index (χ1n) is 8.18. The molecule has 0 heterocycles. The highest BCUT2D eigenvalue weighted by Crippen LogP contribution is 2.17. The van der Waals surface area contributed by atoms with E-state index in [0.717, 1.165) is 4.47 Å². The van der Waals surface area contributed by atoms with Gasteiger partial charge < -0.3 is 10.4 Å². The molecule has 4 nitrogen and oxygen atoms in total. The molecule has 140 valence electrons. The number of carbonyl (C=O) groups excluding carboxylic acids is 1. The molecule has 0 unspecified atom stereocenters. The van der Waals surface area contributed by atoms with Gasteiger partial charge in [0.1, 0.15) is 11.6 Å². The van der Waals surface area contributed by atoms with Crippen LogP contribution in [0.5, 0.6) is 0 Å². The molecule has 0 fully saturated rings. The summed E-state index contributed by atoms with van der Waals surface area (Å²) in [5, 5.41) is 11.9. The molecule has 2 aromatic rings. The molecule has 0 aliphatic rings. The highest BCUT2D eigenvalue weighted by atomic mass is 79.9. The van der Waals surface area contributed by atoms with E-state index in [0.29, 0.717) is 16.7 Å². The number of aliphatic hydroxyl groups excluding tert-OH is 1. The third kappa shape index (κ3) is 6.16. The van der Waals surface area contributed by atoms with Crippen molar-refractivity contribution in [1.29, 1.82) is 0 Å². The molecular weight excluding hydrogens is 406 g/mol. The lowest BCUT2D eigenvalue weighted by molar-refractivity contribution is -0.122. The van der Waals surface area contributed by atoms with Crippen molar-refractivity contribution >= 4 is 21.8 Å². The first-order chi connectivity index (χ1) is 12.4. The van der Waals surface area contributed by atoms with Crippen molar-refractivity contribution in [1.82, 2.24) is 10.2 Å². The highest BCUT2D eigenvalue weighted by molar-refractivity contribution is 9.10. The maximum Gasteiger partial charge on any atom is 0.234 e. The van der Waals surface area contributed by atoms with Gasteiger partial charge in [0.2, 0.25) is 5.91 Å². The van der Waals surface area contributed by atoms with E-state index in [4.69, 9.17) is 0 Å². The maximum atomic E-state index is 13.9. The Labute approximate surface area is 160 Å². The zero-order valence-corrected chi connectivity index (χ0v) is 16.0. The molecule has 0 atom stereocenters. The predicted octanol–water partition coefficient (Wildman–Crippen LogP) is 3.15. The zero-order valence-electron chi connectivity index (χ0n) is 14.4. The van der Waals surface area contributed by atoms with Crippen molar-refractivity contribution in [2.75, 3.05) is 19.7 Å². The largest absolute Gasteiger partial charge is 0.395 e. The standard InChI is InChI=1S/C19H21BrF2N2O2/c1-13-2-3-14(8-18(13)22)10-23-19(26)12-24(6-7-25)11-15-9-16(20)4-5-17(15)21/h2-5,8-9,25H,6-7,10-12H2,1H3,(H,23,26). The van der Waals surface area contributed by atoms with Gasteiger partial charge in [-0.3, -0.25) is 9.69 Å². The van der Waals surface area contributed by atoms with Gasteiger partial charge in [0.15, 0.2) is 0 Å². The van der Waals surface area contributed by atoms with Gasteiger partial charge in [-0.2, -0.15) is 0 Å². The lowest BCUT2D eigenvalue weighted by atomic mass is 10.1. The van der Waals surface area contributed by atoms with Crippen LogP contribution in [0.4, 0.5) is 8.78 Å². The first kappa shape index (κ1) is 20.5. The van der Waals surface area contributed by atoms with Gasteiger partial charge >= 0.3 is 0 Å². The number of nitrogens with one attached hydrogen (secondary N) is 1. The van der Waals surface area contributed by atoms with Crippen molar-refractivity contribution in [2.24, 2.45) is 0 Å². The number of benzene rings is 2. The van der Waals surface area contributed by atoms with Crippen molar-refractivity contribution < 1.29 is 18.7 Å². The van der Waals surface area contributed by atoms with Gasteiger partial charge in [0, 0.05) is 29.7 Å². The summed E-state index contributed by atoms with van der Waals surface area (Å²) < 4.78 is 28.2. The number of carbonyl (C=O) groups is 1. The number of hydrogen-bond acceptors (Lipinski definition) is 3. The minimum atomic E-state index is -0.369. The summed E-state index contributed by atoms with van der Waals surface area (Å²) in [4.78, 5) is 13.8. The summed E-state index contributed by atoms with van der Waals surface area (Å²) in [6.07, 6.45) is 0. The van der Waals surface area contributed by atoms with E-state index in [1.807, 2.05) is 0 Å². The molecule has 2 rings (SSSR count). The van der Waals surface area contributed by atoms with Gasteiger partial charge in [0.05, 0.1) is 13.2 Å². The highest BCUT2D eigenvalue weighted by Gasteiger charge is 2.14. The van der Waals surface area contributed by atoms with Gasteiger partial charge in [-0.15, -0.1) is 0 Å². The van der Waals surface area contributed by atoms with Crippen LogP contribution in [0.15, 0.2) is 40.9 Å². The zero-order chi connectivity index (χ0) is 19.1. The van der Waals surface area contributed by atoms with Crippen LogP contribution in [0.2, 0.25) is 0 Å². The lowest BCUT2D eigenvalue weighted by Crippen LogP contribution is -2.38. The molecule has 0 aliphatic carbocycles. The Hall–Kier alpha value is -1.83. The van der Waals surface area contributed by atoms with Gasteiger partial charge in [0.25, 0.3) is 0 Å². The SMILES string of the molecule is Cc1ccc(CNC(=O)CN(CCO)Cc2cc(Br)ccc2F)cc1F. The van der Waals surface area contributed by atoms with Crippen LogP contribution in [0, 0.1) is 18.6 Å². The Balaban J connectivity index is 1.94. The van der Waals surface area contributed by atoms with Crippen molar-refractivity contribution in [2.45, 2.75) is 20.0 Å². The van der Waals surface area contributed by atoms with Crippen LogP contribution in [0.3, 0.4) is 0 Å². The average molecular weight is 427 g/mol. The van der Waals surface area contributed by atoms with Crippen LogP contribution in [0.25, 0.3) is 0 Å². The van der Waals surface area contributed by atoms with Crippen LogP contribution in [-0.4, -0.2) is 35.6 Å². The third-order valence-corrected chi connectivity index (χ3v) is 4.40. The molecule has 1 amide bonds. The fraction of sp³-hybridized carbons (Fsp3) is 0.316. The molecule has 0 aliphatic heterocycles. The number of aryl methyl sites for hydroxylation is 1. The number of amides is 1. The van der Waals surface area contributed by atoms with E-state index in [2.05, 4.69) is 21.2 Å². The Kier molecular flexibility index (Phi) is 7.68. The first-order valence-corrected chi connectivity index (χ1v) is 8.97. The summed E-state index contributed by atoms with van der Waals surface area (Å²) in [6.45, 7) is 2.16. The normalized spacial score (nSPS) is 11.0. The number of nitrogens with zero attached hydrogens (tertiary/aromatic N) is 1. The second-order valence-electron chi connectivity index (χ2n) is 6.03. The van der Waals surface area contributed by atoms with E-state index in [9.17, 15) is 18.7 Å². The maximum absolute atomic E-state index is 13.9. The molecular formula is C19H21BrF2N2O2. The van der Waals surface area contributed by atoms with Crippen LogP contribution in [0.1, 0.15) is 16.7 Å². The molecule has 0 spiro atoms. The molecule has 0 radical (unpaired) electrons. The summed E-state index contributed by atoms with van der Waals surface area (Å²) in [5.41, 5.74) is 1.64. The number of halogens is 3. The molecule has 26 heavy (non-hydrogen) atoms. The second kappa shape index (κ2) is 9.75. The minimum absolute atomic E-state index is 0.000850. The third-order valence-electron chi connectivity index (χ3n) is 3.91. The Morgan fingerprint density at radius 3 is 2.65 bits per heavy atom. The summed E-state index contributed by atoms with van der Waals surface area (Å²) in [6, 6.07) is 9.39. The summed E-state index contributed by atoms with van der Waals surface area (Å²) in [5.74, 6) is -0.967. The van der Waals surface area contributed by atoms with Gasteiger partial charge in [-0.1, -0.05) is 28.1 Å². The average Bonchev–Trinajstić information content (AvgIpc) is 2.59. The number of rotatable bonds is 8. The summed E-state index contributed by atoms with van der Waals surface area (Å²) in [7, 11) is 0. The smallest absolute Gasteiger partial charge is 0.234 e. The van der Waals surface area contributed by atoms with Gasteiger partial charge in [-0.25, -0.2) is 8.78 Å². The summed E-state index contributed by atoms with van der Waals surface area (Å²) >= 11 is 3.29. The molecule has 7 heteroatoms. The van der Waals surface area contributed by atoms with E-state index in [1.165, 1.54) is 12.1 Å². The van der Waals surface area contributed by atoms with Crippen molar-refractivity contribution in [3.05, 3.63) is 69.2 Å². The van der Waals surface area contributed by atoms with Crippen LogP contribution >= 0.6 is 15.9 Å². The quantitative estimate of drug-likeness (QED) is 0.681. The second-order valence-corrected chi connectivity index (χ2v) is 6.95. The molecule has 2 N–H and O–H groups in total. The van der Waals surface area contributed by atoms with E-state index in [-0.39, 0.29) is 50.3 Å². The Morgan fingerprint density at radius 2 is 1.96 bits per heavy atom. The Morgan fingerprint density at radius 1 is 1.19 bits per heavy atom. The van der Waals surface area contributed by atoms with Crippen molar-refractivity contribution in [3.8, 4) is 0 Å². The minimum Gasteiger partial charge on any atom is -0.395 e. The molecule has 0 saturated heterocycles. The number of hydrogen-bond donors (Lipinski definition) is 2. The molecule has 0 bridgehead atoms. The predicted molar refractivity (Wildman–Crippen MR) is 99.4 cm³/mol. The van der Waals surface area contributed by atoms with Crippen LogP contribution < -0.4 is 5.32 Å². The van der Waals surface area contributed by atoms with Crippen LogP contribution in [-0.2, 0) is 17.9 Å². The van der Waals surface area contributed by atoms with E-state index >= 15 is 0 Å². The monoisotopic (exact) mass is 426 g/mol. The van der Waals surface area contributed by atoms with Gasteiger partial charge in [-0.05, 0) is 42.3 Å². The fourth-order valence-electron chi connectivity index (χ4n) is 2.47. The molecule has 0 saturated carbocycles. The Bertz CT molecular complexity index is 771. The van der Waals surface area contributed by atoms with E-state index < -0.39 is 0 Å². The molecule has 0 aromatic heterocycles. The van der Waals surface area contributed by atoms with Crippen molar-refractivity contribution in [3.63, 3.8) is 0 Å². The van der Waals surface area contributed by atoms with E-state index in [1.54, 1.807) is 36.1 Å². The molecule has 2 aromatic carbocycles. The topological polar surface area (TPSA) is 52.6 Å². The lowest BCUT2D eigenvalue weighted by Gasteiger charge is -2.21.